The molecule has 19 heavy (non-hydrogen) atoms. The van der Waals surface area contributed by atoms with Gasteiger partial charge in [-0.3, -0.25) is 9.78 Å². The highest BCUT2D eigenvalue weighted by Gasteiger charge is 2.06. The summed E-state index contributed by atoms with van der Waals surface area (Å²) in [7, 11) is 0. The lowest BCUT2D eigenvalue weighted by molar-refractivity contribution is -0.116. The number of carbonyl (C=O) groups is 1. The van der Waals surface area contributed by atoms with Gasteiger partial charge in [0.1, 0.15) is 6.54 Å². The van der Waals surface area contributed by atoms with E-state index in [1.54, 1.807) is 12.4 Å². The minimum absolute atomic E-state index is 0.123. The molecule has 0 unspecified atom stereocenters. The highest BCUT2D eigenvalue weighted by atomic mass is 16.2. The topological polar surface area (TPSA) is 59.8 Å². The van der Waals surface area contributed by atoms with E-state index < -0.39 is 0 Å². The minimum Gasteiger partial charge on any atom is -0.338 e. The molecule has 1 N–H and O–H groups in total. The quantitative estimate of drug-likeness (QED) is 0.776. The van der Waals surface area contributed by atoms with E-state index >= 15 is 0 Å². The van der Waals surface area contributed by atoms with Crippen molar-refractivity contribution in [2.75, 3.05) is 5.32 Å². The molecule has 0 saturated carbocycles. The largest absolute Gasteiger partial charge is 0.338 e. The van der Waals surface area contributed by atoms with Crippen LogP contribution in [0, 0.1) is 0 Å². The van der Waals surface area contributed by atoms with Gasteiger partial charge in [0.15, 0.2) is 5.82 Å². The summed E-state index contributed by atoms with van der Waals surface area (Å²) in [6, 6.07) is 9.94. The first-order valence-electron chi connectivity index (χ1n) is 5.93. The maximum absolute atomic E-state index is 11.9. The van der Waals surface area contributed by atoms with Crippen LogP contribution in [-0.4, -0.2) is 20.4 Å². The Hall–Kier alpha value is -2.69. The highest BCUT2D eigenvalue weighted by Crippen LogP contribution is 2.14. The van der Waals surface area contributed by atoms with Crippen LogP contribution in [0.3, 0.4) is 0 Å². The standard InChI is InChI=1S/C14H12N4O/c19-14(17-13-9-15-6-7-16-13)10-18-8-5-11-3-1-2-4-12(11)18/h1-9H,10H2,(H,16,17,19). The second-order valence-corrected chi connectivity index (χ2v) is 4.14. The first kappa shape index (κ1) is 11.4. The summed E-state index contributed by atoms with van der Waals surface area (Å²) in [6.07, 6.45) is 6.53. The molecule has 2 heterocycles. The smallest absolute Gasteiger partial charge is 0.245 e. The minimum atomic E-state index is -0.123. The monoisotopic (exact) mass is 252 g/mol. The molecule has 1 amide bonds. The van der Waals surface area contributed by atoms with Gasteiger partial charge in [-0.15, -0.1) is 0 Å². The fourth-order valence-corrected chi connectivity index (χ4v) is 1.98. The normalized spacial score (nSPS) is 10.5. The molecule has 0 radical (unpaired) electrons. The molecule has 0 atom stereocenters. The van der Waals surface area contributed by atoms with Gasteiger partial charge >= 0.3 is 0 Å². The van der Waals surface area contributed by atoms with E-state index in [1.807, 2.05) is 41.1 Å². The van der Waals surface area contributed by atoms with Crippen LogP contribution in [-0.2, 0) is 11.3 Å². The Morgan fingerprint density at radius 2 is 2.11 bits per heavy atom. The summed E-state index contributed by atoms with van der Waals surface area (Å²) in [5.74, 6) is 0.339. The van der Waals surface area contributed by atoms with Gasteiger partial charge < -0.3 is 9.88 Å². The summed E-state index contributed by atoms with van der Waals surface area (Å²) >= 11 is 0. The van der Waals surface area contributed by atoms with Crippen LogP contribution in [0.5, 0.6) is 0 Å². The molecule has 0 fully saturated rings. The molecule has 0 bridgehead atoms. The number of carbonyl (C=O) groups excluding carboxylic acids is 1. The number of rotatable bonds is 3. The van der Waals surface area contributed by atoms with E-state index in [-0.39, 0.29) is 12.5 Å². The number of hydrogen-bond donors (Lipinski definition) is 1. The molecule has 0 aliphatic rings. The van der Waals surface area contributed by atoms with Gasteiger partial charge in [-0.25, -0.2) is 4.98 Å². The number of anilines is 1. The van der Waals surface area contributed by atoms with Gasteiger partial charge in [-0.2, -0.15) is 0 Å². The first-order chi connectivity index (χ1) is 9.33. The maximum Gasteiger partial charge on any atom is 0.245 e. The molecule has 0 saturated heterocycles. The van der Waals surface area contributed by atoms with Gasteiger partial charge in [0.05, 0.1) is 6.20 Å². The predicted molar refractivity (Wildman–Crippen MR) is 72.6 cm³/mol. The summed E-state index contributed by atoms with van der Waals surface area (Å²) in [6.45, 7) is 0.254. The lowest BCUT2D eigenvalue weighted by Crippen LogP contribution is -2.18. The Balaban J connectivity index is 1.76. The molecule has 0 spiro atoms. The Morgan fingerprint density at radius 1 is 1.21 bits per heavy atom. The van der Waals surface area contributed by atoms with Crippen LogP contribution in [0.1, 0.15) is 0 Å². The Bertz CT molecular complexity index is 706. The van der Waals surface area contributed by atoms with Crippen molar-refractivity contribution in [3.8, 4) is 0 Å². The SMILES string of the molecule is O=C(Cn1ccc2ccccc21)Nc1cnccn1. The van der Waals surface area contributed by atoms with E-state index in [0.717, 1.165) is 10.9 Å². The van der Waals surface area contributed by atoms with Crippen LogP contribution in [0.4, 0.5) is 5.82 Å². The second-order valence-electron chi connectivity index (χ2n) is 4.14. The fraction of sp³-hybridized carbons (Fsp3) is 0.0714. The average Bonchev–Trinajstić information content (AvgIpc) is 2.83. The molecule has 1 aromatic carbocycles. The summed E-state index contributed by atoms with van der Waals surface area (Å²) in [5, 5.41) is 3.83. The van der Waals surface area contributed by atoms with E-state index in [0.29, 0.717) is 5.82 Å². The highest BCUT2D eigenvalue weighted by molar-refractivity contribution is 5.91. The zero-order chi connectivity index (χ0) is 13.1. The number of hydrogen-bond acceptors (Lipinski definition) is 3. The van der Waals surface area contributed by atoms with Crippen LogP contribution in [0.15, 0.2) is 55.1 Å². The van der Waals surface area contributed by atoms with Gasteiger partial charge in [-0.1, -0.05) is 18.2 Å². The van der Waals surface area contributed by atoms with E-state index in [4.69, 9.17) is 0 Å². The fourth-order valence-electron chi connectivity index (χ4n) is 1.98. The molecule has 3 aromatic rings. The number of fused-ring (bicyclic) bond motifs is 1. The van der Waals surface area contributed by atoms with Crippen molar-refractivity contribution < 1.29 is 4.79 Å². The Kier molecular flexibility index (Phi) is 2.94. The molecule has 94 valence electrons. The number of aromatic nitrogens is 3. The van der Waals surface area contributed by atoms with Crippen molar-refractivity contribution >= 4 is 22.6 Å². The zero-order valence-corrected chi connectivity index (χ0v) is 10.2. The number of amides is 1. The first-order valence-corrected chi connectivity index (χ1v) is 5.93. The number of benzene rings is 1. The van der Waals surface area contributed by atoms with Crippen molar-refractivity contribution in [3.05, 3.63) is 55.1 Å². The molecule has 0 aliphatic carbocycles. The summed E-state index contributed by atoms with van der Waals surface area (Å²) in [5.41, 5.74) is 1.04. The third kappa shape index (κ3) is 2.44. The van der Waals surface area contributed by atoms with E-state index in [1.165, 1.54) is 6.20 Å². The van der Waals surface area contributed by atoms with Crippen LogP contribution < -0.4 is 5.32 Å². The average molecular weight is 252 g/mol. The van der Waals surface area contributed by atoms with E-state index in [9.17, 15) is 4.79 Å². The second kappa shape index (κ2) is 4.89. The predicted octanol–water partition coefficient (Wildman–Crippen LogP) is 2.07. The molecular weight excluding hydrogens is 240 g/mol. The zero-order valence-electron chi connectivity index (χ0n) is 10.2. The van der Waals surface area contributed by atoms with Gasteiger partial charge in [0, 0.05) is 24.1 Å². The van der Waals surface area contributed by atoms with Crippen molar-refractivity contribution in [1.29, 1.82) is 0 Å². The third-order valence-electron chi connectivity index (χ3n) is 2.82. The van der Waals surface area contributed by atoms with Crippen LogP contribution in [0.25, 0.3) is 10.9 Å². The van der Waals surface area contributed by atoms with Crippen LogP contribution >= 0.6 is 0 Å². The molecule has 2 aromatic heterocycles. The number of para-hydroxylation sites is 1. The van der Waals surface area contributed by atoms with Gasteiger partial charge in [0.25, 0.3) is 0 Å². The third-order valence-corrected chi connectivity index (χ3v) is 2.82. The maximum atomic E-state index is 11.9. The molecule has 3 rings (SSSR count). The van der Waals surface area contributed by atoms with Crippen molar-refractivity contribution in [1.82, 2.24) is 14.5 Å². The Morgan fingerprint density at radius 3 is 2.95 bits per heavy atom. The number of nitrogens with zero attached hydrogens (tertiary/aromatic N) is 3. The molecule has 0 aliphatic heterocycles. The van der Waals surface area contributed by atoms with Gasteiger partial charge in [-0.05, 0) is 17.5 Å². The molecular formula is C14H12N4O. The van der Waals surface area contributed by atoms with Gasteiger partial charge in [0.2, 0.25) is 5.91 Å². The van der Waals surface area contributed by atoms with Crippen LogP contribution in [0.2, 0.25) is 0 Å². The van der Waals surface area contributed by atoms with Crippen molar-refractivity contribution in [2.45, 2.75) is 6.54 Å². The molecule has 5 nitrogen and oxygen atoms in total. The lowest BCUT2D eigenvalue weighted by Gasteiger charge is -2.06. The van der Waals surface area contributed by atoms with E-state index in [2.05, 4.69) is 15.3 Å². The summed E-state index contributed by atoms with van der Waals surface area (Å²) < 4.78 is 1.90. The molecule has 5 heteroatoms. The van der Waals surface area contributed by atoms with Crippen molar-refractivity contribution in [2.24, 2.45) is 0 Å². The lowest BCUT2D eigenvalue weighted by atomic mass is 10.2. The summed E-state index contributed by atoms with van der Waals surface area (Å²) in [4.78, 5) is 19.8. The van der Waals surface area contributed by atoms with Crippen molar-refractivity contribution in [3.63, 3.8) is 0 Å². The number of nitrogens with one attached hydrogen (secondary N) is 1. The Labute approximate surface area is 109 Å².